The molecule has 4 nitrogen and oxygen atoms in total. The number of Topliss-reactive ketones (excluding diaryl/α,β-unsaturated/α-hetero) is 1. The number of halogens is 1. The minimum absolute atomic E-state index is 0.0879. The summed E-state index contributed by atoms with van der Waals surface area (Å²) in [6, 6.07) is 9.41. The molecule has 1 aromatic carbocycles. The fourth-order valence-corrected chi connectivity index (χ4v) is 2.28. The molecule has 90 valence electrons. The van der Waals surface area contributed by atoms with Gasteiger partial charge in [-0.05, 0) is 34.1 Å². The summed E-state index contributed by atoms with van der Waals surface area (Å²) in [5, 5.41) is 0. The number of para-hydroxylation sites is 2. The van der Waals surface area contributed by atoms with Crippen LogP contribution >= 0.6 is 15.9 Å². The van der Waals surface area contributed by atoms with Crippen molar-refractivity contribution in [2.24, 2.45) is 0 Å². The molecule has 0 saturated heterocycles. The van der Waals surface area contributed by atoms with Crippen molar-refractivity contribution in [3.05, 3.63) is 53.2 Å². The van der Waals surface area contributed by atoms with E-state index < -0.39 is 0 Å². The van der Waals surface area contributed by atoms with Crippen LogP contribution in [0.1, 0.15) is 10.6 Å². The van der Waals surface area contributed by atoms with Crippen molar-refractivity contribution < 1.29 is 9.21 Å². The number of furan rings is 1. The average Bonchev–Trinajstić information content (AvgIpc) is 2.97. The quantitative estimate of drug-likeness (QED) is 0.698. The van der Waals surface area contributed by atoms with Crippen LogP contribution < -0.4 is 0 Å². The van der Waals surface area contributed by atoms with Crippen LogP contribution in [0.2, 0.25) is 0 Å². The Hall–Kier alpha value is -1.88. The summed E-state index contributed by atoms with van der Waals surface area (Å²) in [5.74, 6) is 0.253. The van der Waals surface area contributed by atoms with Crippen molar-refractivity contribution in [1.82, 2.24) is 9.55 Å². The molecule has 0 amide bonds. The fraction of sp³-hybridized carbons (Fsp3) is 0.0769. The van der Waals surface area contributed by atoms with Gasteiger partial charge in [0, 0.05) is 0 Å². The zero-order chi connectivity index (χ0) is 12.5. The first-order valence-electron chi connectivity index (χ1n) is 5.42. The summed E-state index contributed by atoms with van der Waals surface area (Å²) >= 11 is 3.28. The zero-order valence-electron chi connectivity index (χ0n) is 9.34. The summed E-state index contributed by atoms with van der Waals surface area (Å²) in [6.45, 7) is 0.215. The van der Waals surface area contributed by atoms with Gasteiger partial charge in [-0.15, -0.1) is 0 Å². The van der Waals surface area contributed by atoms with E-state index in [1.54, 1.807) is 12.4 Å². The van der Waals surface area contributed by atoms with Crippen LogP contribution in [0.5, 0.6) is 0 Å². The second-order valence-electron chi connectivity index (χ2n) is 3.88. The SMILES string of the molecule is O=C(Cn1cnc2ccccc21)c1occc1Br. The summed E-state index contributed by atoms with van der Waals surface area (Å²) in [4.78, 5) is 16.3. The van der Waals surface area contributed by atoms with E-state index in [-0.39, 0.29) is 12.3 Å². The topological polar surface area (TPSA) is 48.0 Å². The number of carbonyl (C=O) groups excluding carboxylic acids is 1. The highest BCUT2D eigenvalue weighted by atomic mass is 79.9. The van der Waals surface area contributed by atoms with E-state index in [4.69, 9.17) is 4.42 Å². The highest BCUT2D eigenvalue weighted by Gasteiger charge is 2.15. The molecule has 0 N–H and O–H groups in total. The van der Waals surface area contributed by atoms with Gasteiger partial charge < -0.3 is 8.98 Å². The van der Waals surface area contributed by atoms with Gasteiger partial charge in [-0.25, -0.2) is 4.98 Å². The number of rotatable bonds is 3. The van der Waals surface area contributed by atoms with Crippen LogP contribution in [0.15, 0.2) is 51.8 Å². The smallest absolute Gasteiger partial charge is 0.218 e. The van der Waals surface area contributed by atoms with Gasteiger partial charge in [0.1, 0.15) is 0 Å². The van der Waals surface area contributed by atoms with Gasteiger partial charge in [0.15, 0.2) is 5.76 Å². The van der Waals surface area contributed by atoms with Gasteiger partial charge in [0.2, 0.25) is 5.78 Å². The highest BCUT2D eigenvalue weighted by Crippen LogP contribution is 2.19. The summed E-state index contributed by atoms with van der Waals surface area (Å²) in [5.41, 5.74) is 1.82. The normalized spacial score (nSPS) is 10.9. The zero-order valence-corrected chi connectivity index (χ0v) is 10.9. The fourth-order valence-electron chi connectivity index (χ4n) is 1.86. The number of nitrogens with zero attached hydrogens (tertiary/aromatic N) is 2. The first-order valence-corrected chi connectivity index (χ1v) is 6.21. The molecule has 2 heterocycles. The number of fused-ring (bicyclic) bond motifs is 1. The standard InChI is InChI=1S/C13H9BrN2O2/c14-9-5-6-18-13(9)12(17)7-16-8-15-10-3-1-2-4-11(10)16/h1-6,8H,7H2. The molecule has 0 aliphatic rings. The lowest BCUT2D eigenvalue weighted by Gasteiger charge is -2.02. The summed E-state index contributed by atoms with van der Waals surface area (Å²) in [7, 11) is 0. The maximum Gasteiger partial charge on any atom is 0.218 e. The number of carbonyl (C=O) groups is 1. The van der Waals surface area contributed by atoms with Gasteiger partial charge >= 0.3 is 0 Å². The second kappa shape index (κ2) is 4.42. The van der Waals surface area contributed by atoms with Gasteiger partial charge in [-0.1, -0.05) is 12.1 Å². The van der Waals surface area contributed by atoms with Crippen LogP contribution in [-0.4, -0.2) is 15.3 Å². The number of ketones is 1. The molecular formula is C13H9BrN2O2. The molecule has 0 spiro atoms. The predicted molar refractivity (Wildman–Crippen MR) is 70.5 cm³/mol. The van der Waals surface area contributed by atoms with Crippen LogP contribution in [0.4, 0.5) is 0 Å². The van der Waals surface area contributed by atoms with Crippen molar-refractivity contribution >= 4 is 32.7 Å². The summed E-state index contributed by atoms with van der Waals surface area (Å²) < 4.78 is 7.65. The first kappa shape index (κ1) is 11.2. The summed E-state index contributed by atoms with van der Waals surface area (Å²) in [6.07, 6.45) is 3.16. The molecule has 0 bridgehead atoms. The molecule has 5 heteroatoms. The molecule has 0 unspecified atom stereocenters. The van der Waals surface area contributed by atoms with Crippen molar-refractivity contribution in [3.8, 4) is 0 Å². The third-order valence-corrected chi connectivity index (χ3v) is 3.34. The molecule has 0 atom stereocenters. The molecule has 0 fully saturated rings. The third-order valence-electron chi connectivity index (χ3n) is 2.71. The Bertz CT molecular complexity index is 714. The molecule has 3 rings (SSSR count). The average molecular weight is 305 g/mol. The van der Waals surface area contributed by atoms with Gasteiger partial charge in [-0.2, -0.15) is 0 Å². The first-order chi connectivity index (χ1) is 8.75. The van der Waals surface area contributed by atoms with Crippen LogP contribution in [0.3, 0.4) is 0 Å². The van der Waals surface area contributed by atoms with Gasteiger partial charge in [-0.3, -0.25) is 4.79 Å². The van der Waals surface area contributed by atoms with E-state index in [1.165, 1.54) is 6.26 Å². The predicted octanol–water partition coefficient (Wildman–Crippen LogP) is 3.27. The monoisotopic (exact) mass is 304 g/mol. The Morgan fingerprint density at radius 2 is 2.17 bits per heavy atom. The lowest BCUT2D eigenvalue weighted by molar-refractivity contribution is 0.0945. The maximum absolute atomic E-state index is 12.1. The molecule has 0 aliphatic carbocycles. The number of hydrogen-bond acceptors (Lipinski definition) is 3. The molecule has 0 saturated carbocycles. The lowest BCUT2D eigenvalue weighted by Crippen LogP contribution is -2.09. The Morgan fingerprint density at radius 3 is 2.94 bits per heavy atom. The molecule has 2 aromatic heterocycles. The van der Waals surface area contributed by atoms with Gasteiger partial charge in [0.05, 0.1) is 34.6 Å². The number of hydrogen-bond donors (Lipinski definition) is 0. The third kappa shape index (κ3) is 1.86. The van der Waals surface area contributed by atoms with Crippen LogP contribution in [0, 0.1) is 0 Å². The van der Waals surface area contributed by atoms with Crippen molar-refractivity contribution in [2.75, 3.05) is 0 Å². The van der Waals surface area contributed by atoms with E-state index in [1.807, 2.05) is 28.8 Å². The molecule has 3 aromatic rings. The number of aromatic nitrogens is 2. The minimum Gasteiger partial charge on any atom is -0.460 e. The number of benzene rings is 1. The van der Waals surface area contributed by atoms with Crippen molar-refractivity contribution in [3.63, 3.8) is 0 Å². The van der Waals surface area contributed by atoms with Gasteiger partial charge in [0.25, 0.3) is 0 Å². The molecule has 0 aliphatic heterocycles. The highest BCUT2D eigenvalue weighted by molar-refractivity contribution is 9.10. The Balaban J connectivity index is 1.93. The van der Waals surface area contributed by atoms with E-state index in [2.05, 4.69) is 20.9 Å². The van der Waals surface area contributed by atoms with Crippen LogP contribution in [-0.2, 0) is 6.54 Å². The maximum atomic E-state index is 12.1. The second-order valence-corrected chi connectivity index (χ2v) is 4.74. The largest absolute Gasteiger partial charge is 0.460 e. The van der Waals surface area contributed by atoms with E-state index >= 15 is 0 Å². The molecule has 0 radical (unpaired) electrons. The molecular weight excluding hydrogens is 296 g/mol. The minimum atomic E-state index is -0.0879. The Kier molecular flexibility index (Phi) is 2.76. The Labute approximate surface area is 111 Å². The molecule has 18 heavy (non-hydrogen) atoms. The van der Waals surface area contributed by atoms with E-state index in [0.29, 0.717) is 10.2 Å². The van der Waals surface area contributed by atoms with Crippen molar-refractivity contribution in [2.45, 2.75) is 6.54 Å². The van der Waals surface area contributed by atoms with E-state index in [0.717, 1.165) is 11.0 Å². The van der Waals surface area contributed by atoms with E-state index in [9.17, 15) is 4.79 Å². The van der Waals surface area contributed by atoms with Crippen molar-refractivity contribution in [1.29, 1.82) is 0 Å². The lowest BCUT2D eigenvalue weighted by atomic mass is 10.3. The Morgan fingerprint density at radius 1 is 1.33 bits per heavy atom. The van der Waals surface area contributed by atoms with Crippen LogP contribution in [0.25, 0.3) is 11.0 Å². The number of imidazole rings is 1.